The number of carbonyl (C=O) groups excluding carboxylic acids is 1. The minimum absolute atomic E-state index is 0.125. The van der Waals surface area contributed by atoms with Crippen LogP contribution in [0.4, 0.5) is 14.6 Å². The molecular formula is C17H21F2N3O4S. The van der Waals surface area contributed by atoms with Crippen LogP contribution in [0, 0.1) is 17.8 Å². The maximum atomic E-state index is 14.2. The van der Waals surface area contributed by atoms with E-state index in [0.29, 0.717) is 37.5 Å². The number of rotatable bonds is 5. The molecule has 0 amide bonds. The normalized spacial score (nSPS) is 28.0. The summed E-state index contributed by atoms with van der Waals surface area (Å²) < 4.78 is 57.1. The second-order valence-corrected chi connectivity index (χ2v) is 9.45. The third kappa shape index (κ3) is 3.17. The molecular weight excluding hydrogens is 380 g/mol. The molecule has 0 aromatic carbocycles. The van der Waals surface area contributed by atoms with Crippen LogP contribution >= 0.6 is 0 Å². The van der Waals surface area contributed by atoms with Gasteiger partial charge in [-0.3, -0.25) is 4.79 Å². The lowest BCUT2D eigenvalue weighted by Crippen LogP contribution is -2.28. The summed E-state index contributed by atoms with van der Waals surface area (Å²) >= 11 is 0. The summed E-state index contributed by atoms with van der Waals surface area (Å²) in [4.78, 5) is 21.3. The molecule has 3 aliphatic rings. The Hall–Kier alpha value is -1.84. The van der Waals surface area contributed by atoms with Crippen LogP contribution in [0.3, 0.4) is 0 Å². The Morgan fingerprint density at radius 1 is 1.30 bits per heavy atom. The maximum absolute atomic E-state index is 14.2. The van der Waals surface area contributed by atoms with E-state index in [0.717, 1.165) is 6.26 Å². The maximum Gasteiger partial charge on any atom is 0.306 e. The molecule has 1 aromatic rings. The van der Waals surface area contributed by atoms with Gasteiger partial charge in [-0.05, 0) is 31.1 Å². The van der Waals surface area contributed by atoms with Crippen molar-refractivity contribution in [3.63, 3.8) is 0 Å². The summed E-state index contributed by atoms with van der Waals surface area (Å²) in [5, 5.41) is -0.554. The predicted molar refractivity (Wildman–Crippen MR) is 91.3 cm³/mol. The standard InChI is InChI=1S/C17H21F2N3O4S/c1-3-26-13(23)6-10-11-7-22(8-12(10)11)15-9-4-5-17(18,19)14(9)20-16(21-15)27(2,24)25/h10-12H,3-8H2,1-2H3/t10?,11-,12+. The second kappa shape index (κ2) is 6.08. The molecule has 148 valence electrons. The molecule has 1 saturated heterocycles. The van der Waals surface area contributed by atoms with Gasteiger partial charge >= 0.3 is 5.97 Å². The van der Waals surface area contributed by atoms with E-state index >= 15 is 0 Å². The van der Waals surface area contributed by atoms with E-state index in [1.165, 1.54) is 0 Å². The Kier molecular flexibility index (Phi) is 4.17. The molecule has 2 aliphatic carbocycles. The van der Waals surface area contributed by atoms with Crippen molar-refractivity contribution in [1.82, 2.24) is 9.97 Å². The highest BCUT2D eigenvalue weighted by Crippen LogP contribution is 2.55. The Balaban J connectivity index is 1.58. The molecule has 7 nitrogen and oxygen atoms in total. The molecule has 2 fully saturated rings. The summed E-state index contributed by atoms with van der Waals surface area (Å²) in [6.45, 7) is 3.26. The van der Waals surface area contributed by atoms with Crippen LogP contribution in [0.5, 0.6) is 0 Å². The largest absolute Gasteiger partial charge is 0.466 e. The van der Waals surface area contributed by atoms with Crippen molar-refractivity contribution in [3.8, 4) is 0 Å². The first-order chi connectivity index (χ1) is 12.6. The van der Waals surface area contributed by atoms with Crippen molar-refractivity contribution < 1.29 is 26.7 Å². The van der Waals surface area contributed by atoms with Gasteiger partial charge in [0, 0.05) is 37.8 Å². The lowest BCUT2D eigenvalue weighted by Gasteiger charge is -2.24. The number of alkyl halides is 2. The Labute approximate surface area is 156 Å². The Bertz CT molecular complexity index is 894. The number of aromatic nitrogens is 2. The third-order valence-corrected chi connectivity index (χ3v) is 6.56. The van der Waals surface area contributed by atoms with E-state index in [9.17, 15) is 22.0 Å². The lowest BCUT2D eigenvalue weighted by atomic mass is 10.1. The highest BCUT2D eigenvalue weighted by molar-refractivity contribution is 7.90. The van der Waals surface area contributed by atoms with Gasteiger partial charge < -0.3 is 9.64 Å². The van der Waals surface area contributed by atoms with Gasteiger partial charge in [0.05, 0.1) is 6.61 Å². The lowest BCUT2D eigenvalue weighted by molar-refractivity contribution is -0.143. The molecule has 10 heteroatoms. The molecule has 1 saturated carbocycles. The Morgan fingerprint density at radius 3 is 2.56 bits per heavy atom. The minimum atomic E-state index is -3.81. The van der Waals surface area contributed by atoms with E-state index in [4.69, 9.17) is 4.74 Å². The van der Waals surface area contributed by atoms with Crippen LogP contribution in [-0.2, 0) is 31.7 Å². The number of ether oxygens (including phenoxy) is 1. The first-order valence-corrected chi connectivity index (χ1v) is 10.9. The van der Waals surface area contributed by atoms with Gasteiger partial charge in [-0.25, -0.2) is 18.4 Å². The quantitative estimate of drug-likeness (QED) is 0.546. The van der Waals surface area contributed by atoms with Crippen molar-refractivity contribution in [3.05, 3.63) is 11.3 Å². The summed E-state index contributed by atoms with van der Waals surface area (Å²) in [5.41, 5.74) is -0.118. The van der Waals surface area contributed by atoms with Crippen LogP contribution in [-0.4, -0.2) is 50.3 Å². The van der Waals surface area contributed by atoms with Crippen LogP contribution < -0.4 is 4.90 Å². The molecule has 1 aromatic heterocycles. The van der Waals surface area contributed by atoms with Gasteiger partial charge in [-0.15, -0.1) is 0 Å². The molecule has 0 spiro atoms. The molecule has 2 heterocycles. The molecule has 1 unspecified atom stereocenters. The van der Waals surface area contributed by atoms with Crippen molar-refractivity contribution >= 4 is 21.6 Å². The van der Waals surface area contributed by atoms with Gasteiger partial charge in [-0.2, -0.15) is 8.78 Å². The number of carbonyl (C=O) groups is 1. The van der Waals surface area contributed by atoms with E-state index in [1.54, 1.807) is 6.92 Å². The van der Waals surface area contributed by atoms with Gasteiger partial charge in [0.15, 0.2) is 0 Å². The van der Waals surface area contributed by atoms with Gasteiger partial charge in [0.25, 0.3) is 5.92 Å². The molecule has 0 radical (unpaired) electrons. The Morgan fingerprint density at radius 2 is 1.96 bits per heavy atom. The number of halogens is 2. The topological polar surface area (TPSA) is 89.5 Å². The summed E-state index contributed by atoms with van der Waals surface area (Å²) in [5.74, 6) is -2.25. The fraction of sp³-hybridized carbons (Fsp3) is 0.706. The fourth-order valence-corrected chi connectivity index (χ4v) is 4.86. The number of esters is 1. The number of piperidine rings is 1. The molecule has 0 N–H and O–H groups in total. The SMILES string of the molecule is CCOC(=O)CC1[C@H]2CN(c3nc(S(C)(=O)=O)nc4c3CCC4(F)F)C[C@@H]12. The summed E-state index contributed by atoms with van der Waals surface area (Å²) in [7, 11) is -3.81. The molecule has 3 atom stereocenters. The first-order valence-electron chi connectivity index (χ1n) is 9.01. The summed E-state index contributed by atoms with van der Waals surface area (Å²) in [6, 6.07) is 0. The molecule has 27 heavy (non-hydrogen) atoms. The van der Waals surface area contributed by atoms with Crippen molar-refractivity contribution in [2.45, 2.75) is 37.3 Å². The average molecular weight is 401 g/mol. The van der Waals surface area contributed by atoms with Crippen molar-refractivity contribution in [1.29, 1.82) is 0 Å². The number of sulfone groups is 1. The molecule has 1 aliphatic heterocycles. The van der Waals surface area contributed by atoms with E-state index in [1.807, 2.05) is 4.90 Å². The number of anilines is 1. The van der Waals surface area contributed by atoms with Crippen molar-refractivity contribution in [2.75, 3.05) is 30.9 Å². The predicted octanol–water partition coefficient (Wildman–Crippen LogP) is 1.55. The molecule has 0 bridgehead atoms. The summed E-state index contributed by atoms with van der Waals surface area (Å²) in [6.07, 6.45) is 1.02. The van der Waals surface area contributed by atoms with Gasteiger partial charge in [0.2, 0.25) is 15.0 Å². The minimum Gasteiger partial charge on any atom is -0.466 e. The van der Waals surface area contributed by atoms with Gasteiger partial charge in [0.1, 0.15) is 11.5 Å². The smallest absolute Gasteiger partial charge is 0.306 e. The van der Waals surface area contributed by atoms with Gasteiger partial charge in [-0.1, -0.05) is 0 Å². The number of hydrogen-bond acceptors (Lipinski definition) is 7. The average Bonchev–Trinajstić information content (AvgIpc) is 2.93. The van der Waals surface area contributed by atoms with Crippen molar-refractivity contribution in [2.24, 2.45) is 17.8 Å². The number of fused-ring (bicyclic) bond motifs is 2. The first kappa shape index (κ1) is 18.5. The van der Waals surface area contributed by atoms with Crippen LogP contribution in [0.25, 0.3) is 0 Å². The van der Waals surface area contributed by atoms with E-state index < -0.39 is 26.6 Å². The molecule has 4 rings (SSSR count). The van der Waals surface area contributed by atoms with E-state index in [2.05, 4.69) is 9.97 Å². The number of hydrogen-bond donors (Lipinski definition) is 0. The second-order valence-electron chi connectivity index (χ2n) is 7.54. The zero-order valence-corrected chi connectivity index (χ0v) is 15.9. The highest BCUT2D eigenvalue weighted by Gasteiger charge is 2.57. The number of nitrogens with zero attached hydrogens (tertiary/aromatic N) is 3. The fourth-order valence-electron chi connectivity index (χ4n) is 4.35. The highest BCUT2D eigenvalue weighted by atomic mass is 32.2. The van der Waals surface area contributed by atoms with E-state index in [-0.39, 0.29) is 36.6 Å². The van der Waals surface area contributed by atoms with Crippen LogP contribution in [0.1, 0.15) is 31.0 Å². The monoisotopic (exact) mass is 401 g/mol. The zero-order chi connectivity index (χ0) is 19.6. The third-order valence-electron chi connectivity index (χ3n) is 5.71. The zero-order valence-electron chi connectivity index (χ0n) is 15.1. The van der Waals surface area contributed by atoms with Crippen LogP contribution in [0.2, 0.25) is 0 Å². The van der Waals surface area contributed by atoms with Crippen LogP contribution in [0.15, 0.2) is 5.16 Å².